The minimum Gasteiger partial charge on any atom is -0.354 e. The Bertz CT molecular complexity index is 840. The lowest BCUT2D eigenvalue weighted by Gasteiger charge is -2.12. The second-order valence-corrected chi connectivity index (χ2v) is 5.82. The predicted octanol–water partition coefficient (Wildman–Crippen LogP) is 5.02. The molecule has 0 unspecified atom stereocenters. The van der Waals surface area contributed by atoms with Crippen molar-refractivity contribution in [1.82, 2.24) is 15.0 Å². The van der Waals surface area contributed by atoms with Crippen molar-refractivity contribution in [3.05, 3.63) is 58.8 Å². The smallest absolute Gasteiger partial charge is 0.225 e. The molecule has 2 heterocycles. The Hall–Kier alpha value is -2.37. The standard InChI is InChI=1S/C17H15Cl2N5/c1-2-21-17-23-14(11-5-7-20-8-6-11)10-16(24-17)22-15-9-12(18)3-4-13(15)19/h3-10H,2H2,1H3,(H2,21,22,23,24). The normalized spacial score (nSPS) is 10.5. The van der Waals surface area contributed by atoms with Gasteiger partial charge in [0.15, 0.2) is 0 Å². The molecular formula is C17H15Cl2N5. The first-order valence-corrected chi connectivity index (χ1v) is 8.16. The van der Waals surface area contributed by atoms with Crippen molar-refractivity contribution in [2.45, 2.75) is 6.92 Å². The first kappa shape index (κ1) is 16.5. The van der Waals surface area contributed by atoms with Gasteiger partial charge in [0.05, 0.1) is 16.4 Å². The van der Waals surface area contributed by atoms with E-state index in [4.69, 9.17) is 23.2 Å². The number of halogens is 2. The number of nitrogens with zero attached hydrogens (tertiary/aromatic N) is 3. The topological polar surface area (TPSA) is 62.7 Å². The van der Waals surface area contributed by atoms with Crippen LogP contribution in [-0.2, 0) is 0 Å². The maximum Gasteiger partial charge on any atom is 0.225 e. The van der Waals surface area contributed by atoms with E-state index in [1.807, 2.05) is 25.1 Å². The summed E-state index contributed by atoms with van der Waals surface area (Å²) in [6.45, 7) is 2.71. The molecule has 0 atom stereocenters. The Balaban J connectivity index is 2.00. The van der Waals surface area contributed by atoms with Gasteiger partial charge in [-0.2, -0.15) is 4.98 Å². The molecule has 3 rings (SSSR count). The number of hydrogen-bond acceptors (Lipinski definition) is 5. The van der Waals surface area contributed by atoms with E-state index in [1.165, 1.54) is 0 Å². The highest BCUT2D eigenvalue weighted by molar-refractivity contribution is 6.35. The third-order valence-corrected chi connectivity index (χ3v) is 3.79. The van der Waals surface area contributed by atoms with Gasteiger partial charge < -0.3 is 10.6 Å². The van der Waals surface area contributed by atoms with Gasteiger partial charge in [-0.25, -0.2) is 4.98 Å². The van der Waals surface area contributed by atoms with Crippen molar-refractivity contribution in [2.75, 3.05) is 17.2 Å². The maximum atomic E-state index is 6.22. The quantitative estimate of drug-likeness (QED) is 0.669. The van der Waals surface area contributed by atoms with E-state index in [1.54, 1.807) is 30.6 Å². The molecule has 0 spiro atoms. The van der Waals surface area contributed by atoms with Gasteiger partial charge in [0.25, 0.3) is 0 Å². The van der Waals surface area contributed by atoms with Crippen LogP contribution in [0, 0.1) is 0 Å². The fourth-order valence-corrected chi connectivity index (χ4v) is 2.49. The Labute approximate surface area is 150 Å². The van der Waals surface area contributed by atoms with E-state index in [2.05, 4.69) is 25.6 Å². The van der Waals surface area contributed by atoms with Crippen LogP contribution in [0.15, 0.2) is 48.8 Å². The maximum absolute atomic E-state index is 6.22. The van der Waals surface area contributed by atoms with Crippen LogP contribution in [-0.4, -0.2) is 21.5 Å². The minimum atomic E-state index is 0.535. The average molecular weight is 360 g/mol. The monoisotopic (exact) mass is 359 g/mol. The SMILES string of the molecule is CCNc1nc(Nc2cc(Cl)ccc2Cl)cc(-c2ccncc2)n1. The first-order valence-electron chi connectivity index (χ1n) is 7.41. The zero-order chi connectivity index (χ0) is 16.9. The molecule has 2 N–H and O–H groups in total. The molecule has 122 valence electrons. The van der Waals surface area contributed by atoms with Crippen LogP contribution in [0.25, 0.3) is 11.3 Å². The molecule has 0 saturated carbocycles. The number of anilines is 3. The van der Waals surface area contributed by atoms with Crippen molar-refractivity contribution in [3.63, 3.8) is 0 Å². The van der Waals surface area contributed by atoms with E-state index in [9.17, 15) is 0 Å². The van der Waals surface area contributed by atoms with E-state index >= 15 is 0 Å². The van der Waals surface area contributed by atoms with Gasteiger partial charge >= 0.3 is 0 Å². The van der Waals surface area contributed by atoms with Gasteiger partial charge in [-0.05, 0) is 37.3 Å². The Kier molecular flexibility index (Phi) is 5.13. The summed E-state index contributed by atoms with van der Waals surface area (Å²) in [4.78, 5) is 13.0. The molecule has 0 fully saturated rings. The number of pyridine rings is 1. The molecule has 0 aliphatic carbocycles. The van der Waals surface area contributed by atoms with Crippen molar-refractivity contribution < 1.29 is 0 Å². The van der Waals surface area contributed by atoms with Gasteiger partial charge in [-0.3, -0.25) is 4.98 Å². The zero-order valence-electron chi connectivity index (χ0n) is 12.9. The average Bonchev–Trinajstić information content (AvgIpc) is 2.59. The van der Waals surface area contributed by atoms with Gasteiger partial charge in [-0.1, -0.05) is 23.2 Å². The molecule has 5 nitrogen and oxygen atoms in total. The molecule has 7 heteroatoms. The lowest BCUT2D eigenvalue weighted by molar-refractivity contribution is 1.09. The Morgan fingerprint density at radius 3 is 2.54 bits per heavy atom. The highest BCUT2D eigenvalue weighted by Crippen LogP contribution is 2.29. The zero-order valence-corrected chi connectivity index (χ0v) is 14.4. The van der Waals surface area contributed by atoms with E-state index in [-0.39, 0.29) is 0 Å². The van der Waals surface area contributed by atoms with Gasteiger partial charge in [0.2, 0.25) is 5.95 Å². The fraction of sp³-hybridized carbons (Fsp3) is 0.118. The third kappa shape index (κ3) is 3.93. The fourth-order valence-electron chi connectivity index (χ4n) is 2.15. The van der Waals surface area contributed by atoms with Crippen LogP contribution < -0.4 is 10.6 Å². The van der Waals surface area contributed by atoms with Gasteiger partial charge in [0, 0.05) is 35.6 Å². The number of aromatic nitrogens is 3. The molecule has 0 bridgehead atoms. The van der Waals surface area contributed by atoms with Crippen LogP contribution in [0.1, 0.15) is 6.92 Å². The summed E-state index contributed by atoms with van der Waals surface area (Å²) in [7, 11) is 0. The molecule has 0 amide bonds. The highest BCUT2D eigenvalue weighted by atomic mass is 35.5. The summed E-state index contributed by atoms with van der Waals surface area (Å²) < 4.78 is 0. The van der Waals surface area contributed by atoms with E-state index in [0.29, 0.717) is 27.5 Å². The summed E-state index contributed by atoms with van der Waals surface area (Å²) >= 11 is 12.3. The molecule has 2 aromatic heterocycles. The van der Waals surface area contributed by atoms with Crippen molar-refractivity contribution in [1.29, 1.82) is 0 Å². The molecule has 1 aromatic carbocycles. The second kappa shape index (κ2) is 7.47. The molecule has 0 aliphatic heterocycles. The van der Waals surface area contributed by atoms with Crippen molar-refractivity contribution >= 4 is 40.7 Å². The van der Waals surface area contributed by atoms with Crippen LogP contribution in [0.5, 0.6) is 0 Å². The van der Waals surface area contributed by atoms with Crippen LogP contribution in [0.3, 0.4) is 0 Å². The van der Waals surface area contributed by atoms with Crippen LogP contribution >= 0.6 is 23.2 Å². The molecule has 0 saturated heterocycles. The summed E-state index contributed by atoms with van der Waals surface area (Å²) in [5.74, 6) is 1.16. The van der Waals surface area contributed by atoms with Gasteiger partial charge in [0.1, 0.15) is 5.82 Å². The molecule has 3 aromatic rings. The number of hydrogen-bond donors (Lipinski definition) is 2. The van der Waals surface area contributed by atoms with E-state index < -0.39 is 0 Å². The van der Waals surface area contributed by atoms with Crippen molar-refractivity contribution in [2.24, 2.45) is 0 Å². The highest BCUT2D eigenvalue weighted by Gasteiger charge is 2.09. The molecule has 24 heavy (non-hydrogen) atoms. The lowest BCUT2D eigenvalue weighted by Crippen LogP contribution is -2.05. The first-order chi connectivity index (χ1) is 11.7. The molecule has 0 aliphatic rings. The van der Waals surface area contributed by atoms with Gasteiger partial charge in [-0.15, -0.1) is 0 Å². The number of rotatable bonds is 5. The summed E-state index contributed by atoms with van der Waals surface area (Å²) in [5, 5.41) is 7.49. The van der Waals surface area contributed by atoms with Crippen molar-refractivity contribution in [3.8, 4) is 11.3 Å². The minimum absolute atomic E-state index is 0.535. The predicted molar refractivity (Wildman–Crippen MR) is 99.2 cm³/mol. The third-order valence-electron chi connectivity index (χ3n) is 3.23. The summed E-state index contributed by atoms with van der Waals surface area (Å²) in [6, 6.07) is 10.9. The van der Waals surface area contributed by atoms with E-state index in [0.717, 1.165) is 17.8 Å². The van der Waals surface area contributed by atoms with Crippen LogP contribution in [0.4, 0.5) is 17.5 Å². The lowest BCUT2D eigenvalue weighted by atomic mass is 10.2. The number of benzene rings is 1. The number of nitrogens with one attached hydrogen (secondary N) is 2. The summed E-state index contributed by atoms with van der Waals surface area (Å²) in [6.07, 6.45) is 3.45. The summed E-state index contributed by atoms with van der Waals surface area (Å²) in [5.41, 5.74) is 2.42. The molecule has 0 radical (unpaired) electrons. The largest absolute Gasteiger partial charge is 0.354 e. The van der Waals surface area contributed by atoms with Crippen LogP contribution in [0.2, 0.25) is 10.0 Å². The Morgan fingerprint density at radius 1 is 1.00 bits per heavy atom. The second-order valence-electron chi connectivity index (χ2n) is 4.98. The molecular weight excluding hydrogens is 345 g/mol. The Morgan fingerprint density at radius 2 is 1.79 bits per heavy atom.